The number of rotatable bonds is 7. The molecule has 40 heavy (non-hydrogen) atoms. The first-order chi connectivity index (χ1) is 18.9. The van der Waals surface area contributed by atoms with E-state index in [-0.39, 0.29) is 24.0 Å². The fourth-order valence-electron chi connectivity index (χ4n) is 6.72. The Morgan fingerprint density at radius 3 is 2.48 bits per heavy atom. The summed E-state index contributed by atoms with van der Waals surface area (Å²) in [5, 5.41) is 22.2. The normalized spacial score (nSPS) is 31.2. The molecule has 228 valence electrons. The summed E-state index contributed by atoms with van der Waals surface area (Å²) < 4.78 is 10.5. The van der Waals surface area contributed by atoms with Crippen LogP contribution in [0, 0.1) is 19.3 Å². The van der Waals surface area contributed by atoms with Gasteiger partial charge < -0.3 is 15.2 Å². The van der Waals surface area contributed by atoms with Gasteiger partial charge in [-0.15, -0.1) is 0 Å². The van der Waals surface area contributed by atoms with Crippen molar-refractivity contribution in [3.8, 4) is 0 Å². The molecule has 0 aliphatic carbocycles. The minimum atomic E-state index is -0.598. The monoisotopic (exact) mass is 575 g/mol. The number of hydrogen-bond donors (Lipinski definition) is 5. The first kappa shape index (κ1) is 32.2. The maximum Gasteiger partial charge on any atom is 0.123 e. The number of nitrogens with zero attached hydrogens (tertiary/aromatic N) is 1. The van der Waals surface area contributed by atoms with E-state index in [1.165, 1.54) is 36.0 Å². The summed E-state index contributed by atoms with van der Waals surface area (Å²) in [6, 6.07) is 7.66. The molecule has 3 heterocycles. The Balaban J connectivity index is 1.56. The number of nitrogens with one attached hydrogen (secondary N) is 4. The average Bonchev–Trinajstić information content (AvgIpc) is 2.86. The molecule has 0 spiro atoms. The maximum absolute atomic E-state index is 10.3. The van der Waals surface area contributed by atoms with E-state index in [0.717, 1.165) is 51.8 Å². The standard InChI is InChI=1S/C32H57N5O2S/c1-22-12-10-13-23(2)29(22)26-18-27-35-30(34-26)36-40-28-15-11-14-24(33-28)20-37(17-9-8-16-32(6,7)38)25(21-39-27)19-31(3,4)5/h10,12-13,24-28,30,33-36,38H,8-9,11,14-21H2,1-7H3/t24?,25-,26?,27?,28?,30?/m1/s1. The van der Waals surface area contributed by atoms with E-state index in [2.05, 4.69) is 78.4 Å². The molecule has 5 unspecified atom stereocenters. The van der Waals surface area contributed by atoms with Gasteiger partial charge in [0.1, 0.15) is 12.5 Å². The van der Waals surface area contributed by atoms with Gasteiger partial charge in [-0.3, -0.25) is 15.5 Å². The number of benzene rings is 1. The first-order valence-electron chi connectivity index (χ1n) is 15.7. The predicted octanol–water partition coefficient (Wildman–Crippen LogP) is 5.32. The lowest BCUT2D eigenvalue weighted by Gasteiger charge is -2.41. The summed E-state index contributed by atoms with van der Waals surface area (Å²) in [7, 11) is 0. The van der Waals surface area contributed by atoms with Crippen molar-refractivity contribution in [3.63, 3.8) is 0 Å². The molecule has 7 nitrogen and oxygen atoms in total. The highest BCUT2D eigenvalue weighted by molar-refractivity contribution is 7.98. The molecular weight excluding hydrogens is 518 g/mol. The molecule has 3 saturated heterocycles. The highest BCUT2D eigenvalue weighted by atomic mass is 32.2. The Morgan fingerprint density at radius 2 is 1.77 bits per heavy atom. The zero-order valence-electron chi connectivity index (χ0n) is 26.2. The number of hydrogen-bond acceptors (Lipinski definition) is 8. The smallest absolute Gasteiger partial charge is 0.123 e. The van der Waals surface area contributed by atoms with E-state index in [0.29, 0.717) is 17.5 Å². The van der Waals surface area contributed by atoms with E-state index in [1.807, 2.05) is 25.8 Å². The van der Waals surface area contributed by atoms with Gasteiger partial charge in [0.15, 0.2) is 0 Å². The van der Waals surface area contributed by atoms with Gasteiger partial charge in [0.2, 0.25) is 0 Å². The number of aliphatic hydroxyl groups is 1. The SMILES string of the molecule is Cc1cccc(C)c1C1CC2NC(NSC3CCCC(CN(CCCCC(C)(C)O)[C@H](CC(C)(C)C)CO2)N3)N1. The van der Waals surface area contributed by atoms with E-state index in [1.54, 1.807) is 0 Å². The lowest BCUT2D eigenvalue weighted by Crippen LogP contribution is -2.61. The lowest BCUT2D eigenvalue weighted by atomic mass is 9.87. The Labute approximate surface area is 248 Å². The van der Waals surface area contributed by atoms with Crippen molar-refractivity contribution >= 4 is 11.9 Å². The molecule has 1 aromatic rings. The predicted molar refractivity (Wildman–Crippen MR) is 168 cm³/mol. The molecule has 4 bridgehead atoms. The van der Waals surface area contributed by atoms with Crippen molar-refractivity contribution < 1.29 is 9.84 Å². The zero-order chi connectivity index (χ0) is 28.9. The summed E-state index contributed by atoms with van der Waals surface area (Å²) in [5.74, 6) is 0. The van der Waals surface area contributed by atoms with Crippen LogP contribution in [0.4, 0.5) is 0 Å². The molecule has 8 heteroatoms. The number of aryl methyl sites for hydroxylation is 2. The van der Waals surface area contributed by atoms with Crippen molar-refractivity contribution in [3.05, 3.63) is 34.9 Å². The number of fused-ring (bicyclic) bond motifs is 4. The van der Waals surface area contributed by atoms with Crippen LogP contribution in [0.1, 0.15) is 109 Å². The molecule has 0 aromatic heterocycles. The van der Waals surface area contributed by atoms with Crippen LogP contribution < -0.4 is 20.7 Å². The third-order valence-electron chi connectivity index (χ3n) is 8.62. The molecule has 1 aromatic carbocycles. The average molecular weight is 576 g/mol. The van der Waals surface area contributed by atoms with Crippen LogP contribution in [0.3, 0.4) is 0 Å². The van der Waals surface area contributed by atoms with Gasteiger partial charge >= 0.3 is 0 Å². The van der Waals surface area contributed by atoms with Gasteiger partial charge in [0, 0.05) is 31.1 Å². The molecule has 3 aliphatic rings. The summed E-state index contributed by atoms with van der Waals surface area (Å²) in [4.78, 5) is 2.72. The Kier molecular flexibility index (Phi) is 11.4. The van der Waals surface area contributed by atoms with Gasteiger partial charge in [-0.05, 0) is 101 Å². The summed E-state index contributed by atoms with van der Waals surface area (Å²) in [6.07, 6.45) is 8.55. The van der Waals surface area contributed by atoms with Gasteiger partial charge in [-0.25, -0.2) is 4.72 Å². The largest absolute Gasteiger partial charge is 0.390 e. The molecule has 3 aliphatic heterocycles. The van der Waals surface area contributed by atoms with Crippen LogP contribution in [0.15, 0.2) is 18.2 Å². The summed E-state index contributed by atoms with van der Waals surface area (Å²) in [5.41, 5.74) is 3.68. The molecule has 0 amide bonds. The molecular formula is C32H57N5O2S. The second-order valence-electron chi connectivity index (χ2n) is 14.4. The number of unbranched alkanes of at least 4 members (excludes halogenated alkanes) is 1. The van der Waals surface area contributed by atoms with Crippen molar-refractivity contribution in [1.29, 1.82) is 0 Å². The second-order valence-corrected chi connectivity index (χ2v) is 15.4. The molecule has 0 radical (unpaired) electrons. The molecule has 6 atom stereocenters. The van der Waals surface area contributed by atoms with Crippen molar-refractivity contribution in [2.75, 3.05) is 19.7 Å². The van der Waals surface area contributed by atoms with Crippen LogP contribution in [0.5, 0.6) is 0 Å². The second kappa shape index (κ2) is 14.2. The molecule has 0 saturated carbocycles. The summed E-state index contributed by atoms with van der Waals surface area (Å²) in [6.45, 7) is 18.2. The minimum absolute atomic E-state index is 0.0315. The van der Waals surface area contributed by atoms with Gasteiger partial charge in [-0.2, -0.15) is 0 Å². The molecule has 4 rings (SSSR count). The van der Waals surface area contributed by atoms with Crippen LogP contribution in [-0.4, -0.2) is 65.3 Å². The van der Waals surface area contributed by atoms with Gasteiger partial charge in [0.05, 0.1) is 17.6 Å². The van der Waals surface area contributed by atoms with Crippen molar-refractivity contribution in [2.45, 2.75) is 141 Å². The van der Waals surface area contributed by atoms with Crippen LogP contribution >= 0.6 is 11.9 Å². The van der Waals surface area contributed by atoms with Gasteiger partial charge in [0.25, 0.3) is 0 Å². The van der Waals surface area contributed by atoms with E-state index < -0.39 is 5.60 Å². The summed E-state index contributed by atoms with van der Waals surface area (Å²) >= 11 is 1.82. The fraction of sp³-hybridized carbons (Fsp3) is 0.812. The Bertz CT molecular complexity index is 913. The van der Waals surface area contributed by atoms with Crippen LogP contribution in [0.2, 0.25) is 0 Å². The van der Waals surface area contributed by atoms with Crippen LogP contribution in [-0.2, 0) is 4.74 Å². The van der Waals surface area contributed by atoms with E-state index >= 15 is 0 Å². The van der Waals surface area contributed by atoms with E-state index in [9.17, 15) is 5.11 Å². The first-order valence-corrected chi connectivity index (χ1v) is 16.6. The quantitative estimate of drug-likeness (QED) is 0.221. The van der Waals surface area contributed by atoms with E-state index in [4.69, 9.17) is 4.74 Å². The Hall–Kier alpha value is -0.710. The number of piperidine rings is 1. The highest BCUT2D eigenvalue weighted by Crippen LogP contribution is 2.31. The number of ether oxygens (including phenoxy) is 1. The minimum Gasteiger partial charge on any atom is -0.390 e. The van der Waals surface area contributed by atoms with Crippen molar-refractivity contribution in [2.24, 2.45) is 5.41 Å². The van der Waals surface area contributed by atoms with Crippen LogP contribution in [0.25, 0.3) is 0 Å². The third-order valence-corrected chi connectivity index (χ3v) is 9.65. The molecule has 3 fully saturated rings. The fourth-order valence-corrected chi connectivity index (χ4v) is 7.70. The highest BCUT2D eigenvalue weighted by Gasteiger charge is 2.35. The molecule has 5 N–H and O–H groups in total. The topological polar surface area (TPSA) is 80.8 Å². The lowest BCUT2D eigenvalue weighted by molar-refractivity contribution is -0.0492. The van der Waals surface area contributed by atoms with Gasteiger partial charge in [-0.1, -0.05) is 50.9 Å². The Morgan fingerprint density at radius 1 is 1.02 bits per heavy atom. The van der Waals surface area contributed by atoms with Crippen molar-refractivity contribution in [1.82, 2.24) is 25.6 Å². The maximum atomic E-state index is 10.3. The zero-order valence-corrected chi connectivity index (χ0v) is 27.0. The third kappa shape index (κ3) is 9.94.